The Balaban J connectivity index is 3.49. The zero-order chi connectivity index (χ0) is 16.5. The Kier molecular flexibility index (Phi) is 16.0. The molecular formula is C20H38O2. The largest absolute Gasteiger partial charge is 0.481 e. The number of carboxylic acids is 1. The van der Waals surface area contributed by atoms with Crippen LogP contribution >= 0.6 is 0 Å². The standard InChI is InChI=1S/C20H38O2/c1-3-5-7-9-10-11-12-14-16-18-19(20(21)22)17-15-13-8-6-4-2/h3,19H,1,4-18H2,2H3,(H,21,22). The maximum Gasteiger partial charge on any atom is 0.306 e. The summed E-state index contributed by atoms with van der Waals surface area (Å²) in [6, 6.07) is 0. The molecule has 0 aliphatic heterocycles. The van der Waals surface area contributed by atoms with E-state index in [1.54, 1.807) is 0 Å². The highest BCUT2D eigenvalue weighted by molar-refractivity contribution is 5.69. The van der Waals surface area contributed by atoms with Gasteiger partial charge in [-0.2, -0.15) is 0 Å². The first-order chi connectivity index (χ1) is 10.7. The Morgan fingerprint density at radius 3 is 1.77 bits per heavy atom. The maximum atomic E-state index is 11.3. The average Bonchev–Trinajstić information content (AvgIpc) is 2.50. The summed E-state index contributed by atoms with van der Waals surface area (Å²) in [6.07, 6.45) is 19.7. The lowest BCUT2D eigenvalue weighted by atomic mass is 9.94. The molecule has 130 valence electrons. The van der Waals surface area contributed by atoms with Gasteiger partial charge in [0.05, 0.1) is 5.92 Å². The fourth-order valence-electron chi connectivity index (χ4n) is 2.95. The van der Waals surface area contributed by atoms with Crippen molar-refractivity contribution in [2.24, 2.45) is 5.92 Å². The summed E-state index contributed by atoms with van der Waals surface area (Å²) in [7, 11) is 0. The summed E-state index contributed by atoms with van der Waals surface area (Å²) < 4.78 is 0. The fraction of sp³-hybridized carbons (Fsp3) is 0.850. The number of rotatable bonds is 17. The molecule has 0 aromatic carbocycles. The molecule has 0 heterocycles. The van der Waals surface area contributed by atoms with Crippen LogP contribution in [0.25, 0.3) is 0 Å². The molecule has 1 atom stereocenters. The molecule has 0 amide bonds. The van der Waals surface area contributed by atoms with Gasteiger partial charge in [0.25, 0.3) is 0 Å². The van der Waals surface area contributed by atoms with Crippen molar-refractivity contribution in [2.45, 2.75) is 103 Å². The first kappa shape index (κ1) is 21.2. The van der Waals surface area contributed by atoms with Gasteiger partial charge < -0.3 is 5.11 Å². The van der Waals surface area contributed by atoms with Gasteiger partial charge in [0.2, 0.25) is 0 Å². The Labute approximate surface area is 138 Å². The molecule has 0 rings (SSSR count). The van der Waals surface area contributed by atoms with Crippen molar-refractivity contribution in [3.05, 3.63) is 12.7 Å². The molecule has 0 bridgehead atoms. The number of hydrogen-bond donors (Lipinski definition) is 1. The van der Waals surface area contributed by atoms with E-state index in [2.05, 4.69) is 13.5 Å². The van der Waals surface area contributed by atoms with Crippen LogP contribution in [0.1, 0.15) is 103 Å². The predicted octanol–water partition coefficient (Wildman–Crippen LogP) is 6.74. The highest BCUT2D eigenvalue weighted by atomic mass is 16.4. The van der Waals surface area contributed by atoms with E-state index in [1.165, 1.54) is 64.2 Å². The summed E-state index contributed by atoms with van der Waals surface area (Å²) in [5.41, 5.74) is 0. The number of carboxylic acid groups (broad SMARTS) is 1. The maximum absolute atomic E-state index is 11.3. The first-order valence-corrected chi connectivity index (χ1v) is 9.56. The van der Waals surface area contributed by atoms with Crippen molar-refractivity contribution < 1.29 is 9.90 Å². The van der Waals surface area contributed by atoms with Crippen LogP contribution in [0.5, 0.6) is 0 Å². The monoisotopic (exact) mass is 310 g/mol. The molecule has 0 aromatic heterocycles. The van der Waals surface area contributed by atoms with E-state index in [4.69, 9.17) is 0 Å². The van der Waals surface area contributed by atoms with Crippen LogP contribution in [0, 0.1) is 5.92 Å². The van der Waals surface area contributed by atoms with Crippen molar-refractivity contribution in [1.82, 2.24) is 0 Å². The van der Waals surface area contributed by atoms with Gasteiger partial charge in [-0.05, 0) is 25.7 Å². The van der Waals surface area contributed by atoms with Crippen molar-refractivity contribution in [3.8, 4) is 0 Å². The molecule has 0 saturated heterocycles. The third-order valence-corrected chi connectivity index (χ3v) is 4.47. The van der Waals surface area contributed by atoms with Crippen LogP contribution in [0.4, 0.5) is 0 Å². The Morgan fingerprint density at radius 2 is 1.32 bits per heavy atom. The van der Waals surface area contributed by atoms with Crippen molar-refractivity contribution in [1.29, 1.82) is 0 Å². The molecule has 0 fully saturated rings. The van der Waals surface area contributed by atoms with E-state index in [9.17, 15) is 9.90 Å². The summed E-state index contributed by atoms with van der Waals surface area (Å²) in [6.45, 7) is 5.95. The van der Waals surface area contributed by atoms with Crippen LogP contribution in [-0.2, 0) is 4.79 Å². The molecule has 0 radical (unpaired) electrons. The number of unbranched alkanes of at least 4 members (excludes halogenated alkanes) is 11. The second-order valence-corrected chi connectivity index (χ2v) is 6.58. The SMILES string of the molecule is C=CCCCCCCCCCC(CCCCCCC)C(=O)O. The lowest BCUT2D eigenvalue weighted by molar-refractivity contribution is -0.142. The molecular weight excluding hydrogens is 272 g/mol. The zero-order valence-corrected chi connectivity index (χ0v) is 14.8. The van der Waals surface area contributed by atoms with Crippen LogP contribution in [0.3, 0.4) is 0 Å². The van der Waals surface area contributed by atoms with Crippen LogP contribution < -0.4 is 0 Å². The second-order valence-electron chi connectivity index (χ2n) is 6.58. The molecule has 0 aromatic rings. The first-order valence-electron chi connectivity index (χ1n) is 9.56. The Bertz CT molecular complexity index is 260. The molecule has 0 saturated carbocycles. The van der Waals surface area contributed by atoms with Crippen LogP contribution in [0.15, 0.2) is 12.7 Å². The van der Waals surface area contributed by atoms with E-state index in [0.29, 0.717) is 0 Å². The van der Waals surface area contributed by atoms with Gasteiger partial charge in [0, 0.05) is 0 Å². The van der Waals surface area contributed by atoms with Crippen molar-refractivity contribution in [2.75, 3.05) is 0 Å². The fourth-order valence-corrected chi connectivity index (χ4v) is 2.95. The third kappa shape index (κ3) is 14.2. The van der Waals surface area contributed by atoms with E-state index in [1.807, 2.05) is 6.08 Å². The summed E-state index contributed by atoms with van der Waals surface area (Å²) >= 11 is 0. The topological polar surface area (TPSA) is 37.3 Å². The van der Waals surface area contributed by atoms with E-state index < -0.39 is 5.97 Å². The number of allylic oxidation sites excluding steroid dienone is 1. The average molecular weight is 311 g/mol. The quantitative estimate of drug-likeness (QED) is 0.238. The van der Waals surface area contributed by atoms with Gasteiger partial charge in [-0.25, -0.2) is 0 Å². The number of hydrogen-bond acceptors (Lipinski definition) is 1. The minimum atomic E-state index is -0.583. The molecule has 2 nitrogen and oxygen atoms in total. The lowest BCUT2D eigenvalue weighted by Gasteiger charge is -2.12. The minimum Gasteiger partial charge on any atom is -0.481 e. The highest BCUT2D eigenvalue weighted by Gasteiger charge is 2.16. The third-order valence-electron chi connectivity index (χ3n) is 4.47. The van der Waals surface area contributed by atoms with Crippen molar-refractivity contribution in [3.63, 3.8) is 0 Å². The Morgan fingerprint density at radius 1 is 0.864 bits per heavy atom. The van der Waals surface area contributed by atoms with Gasteiger partial charge in [-0.3, -0.25) is 4.79 Å². The van der Waals surface area contributed by atoms with E-state index >= 15 is 0 Å². The molecule has 0 aliphatic rings. The van der Waals surface area contributed by atoms with E-state index in [-0.39, 0.29) is 5.92 Å². The van der Waals surface area contributed by atoms with Gasteiger partial charge in [-0.15, -0.1) is 6.58 Å². The smallest absolute Gasteiger partial charge is 0.306 e. The normalized spacial score (nSPS) is 12.2. The molecule has 22 heavy (non-hydrogen) atoms. The molecule has 0 spiro atoms. The van der Waals surface area contributed by atoms with Crippen LogP contribution in [-0.4, -0.2) is 11.1 Å². The van der Waals surface area contributed by atoms with E-state index in [0.717, 1.165) is 32.1 Å². The van der Waals surface area contributed by atoms with Crippen LogP contribution in [0.2, 0.25) is 0 Å². The predicted molar refractivity (Wildman–Crippen MR) is 96.3 cm³/mol. The van der Waals surface area contributed by atoms with Gasteiger partial charge in [0.1, 0.15) is 0 Å². The molecule has 1 N–H and O–H groups in total. The summed E-state index contributed by atoms with van der Waals surface area (Å²) in [5, 5.41) is 9.29. The summed E-state index contributed by atoms with van der Waals surface area (Å²) in [5.74, 6) is -0.686. The van der Waals surface area contributed by atoms with Gasteiger partial charge in [0.15, 0.2) is 0 Å². The Hall–Kier alpha value is -0.790. The number of carbonyl (C=O) groups is 1. The molecule has 1 unspecified atom stereocenters. The zero-order valence-electron chi connectivity index (χ0n) is 14.8. The lowest BCUT2D eigenvalue weighted by Crippen LogP contribution is -2.13. The summed E-state index contributed by atoms with van der Waals surface area (Å²) in [4.78, 5) is 11.3. The van der Waals surface area contributed by atoms with Gasteiger partial charge in [-0.1, -0.05) is 83.6 Å². The molecule has 0 aliphatic carbocycles. The van der Waals surface area contributed by atoms with Gasteiger partial charge >= 0.3 is 5.97 Å². The molecule has 2 heteroatoms. The highest BCUT2D eigenvalue weighted by Crippen LogP contribution is 2.19. The second kappa shape index (κ2) is 16.6. The number of aliphatic carboxylic acids is 1. The minimum absolute atomic E-state index is 0.103. The van der Waals surface area contributed by atoms with Crippen molar-refractivity contribution >= 4 is 5.97 Å².